The van der Waals surface area contributed by atoms with Crippen LogP contribution in [0.2, 0.25) is 0 Å². The third-order valence-corrected chi connectivity index (χ3v) is 5.39. The summed E-state index contributed by atoms with van der Waals surface area (Å²) in [5.41, 5.74) is 0.993. The number of sulfone groups is 1. The molecular formula is C15H14INO3S. The Kier molecular flexibility index (Phi) is 5.00. The van der Waals surface area contributed by atoms with Gasteiger partial charge in [-0.05, 0) is 65.1 Å². The third-order valence-electron chi connectivity index (χ3n) is 2.94. The topological polar surface area (TPSA) is 63.2 Å². The largest absolute Gasteiger partial charge is 0.322 e. The molecular weight excluding hydrogens is 401 g/mol. The van der Waals surface area contributed by atoms with Gasteiger partial charge in [0.1, 0.15) is 0 Å². The smallest absolute Gasteiger partial charge is 0.255 e. The molecule has 1 N–H and O–H groups in total. The lowest BCUT2D eigenvalue weighted by molar-refractivity contribution is 0.102. The molecule has 0 aliphatic rings. The van der Waals surface area contributed by atoms with E-state index in [1.54, 1.807) is 31.2 Å². The van der Waals surface area contributed by atoms with Gasteiger partial charge in [-0.15, -0.1) is 0 Å². The van der Waals surface area contributed by atoms with Crippen LogP contribution in [0.3, 0.4) is 0 Å². The second-order valence-corrected chi connectivity index (χ2v) is 7.92. The number of carbonyl (C=O) groups excluding carboxylic acids is 1. The predicted molar refractivity (Wildman–Crippen MR) is 91.3 cm³/mol. The molecule has 0 fully saturated rings. The highest BCUT2D eigenvalue weighted by atomic mass is 127. The summed E-state index contributed by atoms with van der Waals surface area (Å²) in [5.74, 6) is -0.237. The van der Waals surface area contributed by atoms with Gasteiger partial charge in [-0.2, -0.15) is 0 Å². The molecule has 0 bridgehead atoms. The highest BCUT2D eigenvalue weighted by Gasteiger charge is 2.13. The van der Waals surface area contributed by atoms with Gasteiger partial charge in [0.15, 0.2) is 9.84 Å². The van der Waals surface area contributed by atoms with E-state index >= 15 is 0 Å². The number of rotatable bonds is 4. The molecule has 2 rings (SSSR count). The van der Waals surface area contributed by atoms with E-state index in [9.17, 15) is 13.2 Å². The SMILES string of the molecule is CCS(=O)(=O)c1cccc(NC(=O)c2ccc(I)cc2)c1. The summed E-state index contributed by atoms with van der Waals surface area (Å²) in [4.78, 5) is 12.3. The maximum absolute atomic E-state index is 12.1. The molecule has 4 nitrogen and oxygen atoms in total. The molecule has 0 aliphatic carbocycles. The molecule has 0 spiro atoms. The second-order valence-electron chi connectivity index (χ2n) is 4.39. The van der Waals surface area contributed by atoms with Crippen LogP contribution in [0.5, 0.6) is 0 Å². The van der Waals surface area contributed by atoms with Gasteiger partial charge in [0.05, 0.1) is 10.6 Å². The van der Waals surface area contributed by atoms with E-state index < -0.39 is 9.84 Å². The van der Waals surface area contributed by atoms with Crippen LogP contribution in [0, 0.1) is 3.57 Å². The number of nitrogens with one attached hydrogen (secondary N) is 1. The molecule has 0 saturated heterocycles. The van der Waals surface area contributed by atoms with Crippen molar-refractivity contribution in [1.82, 2.24) is 0 Å². The van der Waals surface area contributed by atoms with Gasteiger partial charge >= 0.3 is 0 Å². The van der Waals surface area contributed by atoms with Crippen molar-refractivity contribution in [1.29, 1.82) is 0 Å². The van der Waals surface area contributed by atoms with E-state index in [4.69, 9.17) is 0 Å². The Morgan fingerprint density at radius 1 is 1.14 bits per heavy atom. The Morgan fingerprint density at radius 2 is 1.81 bits per heavy atom. The van der Waals surface area contributed by atoms with Crippen molar-refractivity contribution < 1.29 is 13.2 Å². The summed E-state index contributed by atoms with van der Waals surface area (Å²) >= 11 is 2.16. The van der Waals surface area contributed by atoms with Gasteiger partial charge in [0.2, 0.25) is 0 Å². The van der Waals surface area contributed by atoms with Crippen LogP contribution in [-0.2, 0) is 9.84 Å². The molecule has 0 heterocycles. The first kappa shape index (κ1) is 16.0. The van der Waals surface area contributed by atoms with Crippen LogP contribution >= 0.6 is 22.6 Å². The van der Waals surface area contributed by atoms with Crippen molar-refractivity contribution in [2.24, 2.45) is 0 Å². The number of amides is 1. The van der Waals surface area contributed by atoms with Crippen molar-refractivity contribution in [2.45, 2.75) is 11.8 Å². The average Bonchev–Trinajstić information content (AvgIpc) is 2.48. The Hall–Kier alpha value is -1.41. The van der Waals surface area contributed by atoms with Gasteiger partial charge in [0.25, 0.3) is 5.91 Å². The maximum Gasteiger partial charge on any atom is 0.255 e. The minimum Gasteiger partial charge on any atom is -0.322 e. The Labute approximate surface area is 137 Å². The number of carbonyl (C=O) groups is 1. The van der Waals surface area contributed by atoms with Crippen molar-refractivity contribution in [3.05, 3.63) is 57.7 Å². The Morgan fingerprint density at radius 3 is 2.43 bits per heavy atom. The van der Waals surface area contributed by atoms with E-state index in [0.717, 1.165) is 3.57 Å². The lowest BCUT2D eigenvalue weighted by Crippen LogP contribution is -2.12. The molecule has 110 valence electrons. The van der Waals surface area contributed by atoms with E-state index in [-0.39, 0.29) is 16.6 Å². The fourth-order valence-electron chi connectivity index (χ4n) is 1.74. The monoisotopic (exact) mass is 415 g/mol. The van der Waals surface area contributed by atoms with Crippen molar-refractivity contribution in [3.8, 4) is 0 Å². The number of halogens is 1. The lowest BCUT2D eigenvalue weighted by Gasteiger charge is -2.07. The quantitative estimate of drug-likeness (QED) is 0.780. The minimum absolute atomic E-state index is 0.0293. The molecule has 0 aliphatic heterocycles. The number of hydrogen-bond donors (Lipinski definition) is 1. The third kappa shape index (κ3) is 4.04. The van der Waals surface area contributed by atoms with E-state index in [1.807, 2.05) is 12.1 Å². The van der Waals surface area contributed by atoms with Crippen LogP contribution < -0.4 is 5.32 Å². The summed E-state index contributed by atoms with van der Waals surface area (Å²) < 4.78 is 24.7. The zero-order chi connectivity index (χ0) is 15.5. The maximum atomic E-state index is 12.1. The number of hydrogen-bond acceptors (Lipinski definition) is 3. The lowest BCUT2D eigenvalue weighted by atomic mass is 10.2. The number of anilines is 1. The normalized spacial score (nSPS) is 11.1. The van der Waals surface area contributed by atoms with Gasteiger partial charge in [0, 0.05) is 14.8 Å². The molecule has 0 aromatic heterocycles. The molecule has 1 amide bonds. The Bertz CT molecular complexity index is 755. The first-order chi connectivity index (χ1) is 9.92. The van der Waals surface area contributed by atoms with Crippen LogP contribution in [0.1, 0.15) is 17.3 Å². The summed E-state index contributed by atoms with van der Waals surface area (Å²) in [5, 5.41) is 2.71. The zero-order valence-corrected chi connectivity index (χ0v) is 14.3. The van der Waals surface area contributed by atoms with Crippen molar-refractivity contribution in [2.75, 3.05) is 11.1 Å². The predicted octanol–water partition coefficient (Wildman–Crippen LogP) is 3.34. The van der Waals surface area contributed by atoms with E-state index in [1.165, 1.54) is 12.1 Å². The summed E-state index contributed by atoms with van der Waals surface area (Å²) in [6.45, 7) is 1.59. The van der Waals surface area contributed by atoms with Crippen molar-refractivity contribution >= 4 is 44.0 Å². The molecule has 0 unspecified atom stereocenters. The zero-order valence-electron chi connectivity index (χ0n) is 11.3. The molecule has 0 saturated carbocycles. The van der Waals surface area contributed by atoms with Crippen LogP contribution in [0.4, 0.5) is 5.69 Å². The minimum atomic E-state index is -3.28. The first-order valence-corrected chi connectivity index (χ1v) is 9.05. The van der Waals surface area contributed by atoms with Gasteiger partial charge < -0.3 is 5.32 Å². The van der Waals surface area contributed by atoms with Crippen LogP contribution in [0.15, 0.2) is 53.4 Å². The summed E-state index contributed by atoms with van der Waals surface area (Å²) in [7, 11) is -3.28. The van der Waals surface area contributed by atoms with E-state index in [0.29, 0.717) is 11.3 Å². The molecule has 0 atom stereocenters. The van der Waals surface area contributed by atoms with Gasteiger partial charge in [-0.25, -0.2) is 8.42 Å². The average molecular weight is 415 g/mol. The van der Waals surface area contributed by atoms with Gasteiger partial charge in [-0.1, -0.05) is 13.0 Å². The van der Waals surface area contributed by atoms with E-state index in [2.05, 4.69) is 27.9 Å². The molecule has 0 radical (unpaired) electrons. The van der Waals surface area contributed by atoms with Crippen molar-refractivity contribution in [3.63, 3.8) is 0 Å². The Balaban J connectivity index is 2.22. The second kappa shape index (κ2) is 6.57. The summed E-state index contributed by atoms with van der Waals surface area (Å²) in [6.07, 6.45) is 0. The van der Waals surface area contributed by atoms with Gasteiger partial charge in [-0.3, -0.25) is 4.79 Å². The molecule has 2 aromatic carbocycles. The summed E-state index contributed by atoms with van der Waals surface area (Å²) in [6, 6.07) is 13.4. The first-order valence-electron chi connectivity index (χ1n) is 6.32. The molecule has 21 heavy (non-hydrogen) atoms. The fraction of sp³-hybridized carbons (Fsp3) is 0.133. The van der Waals surface area contributed by atoms with Crippen LogP contribution in [0.25, 0.3) is 0 Å². The number of benzene rings is 2. The standard InChI is InChI=1S/C15H14INO3S/c1-2-21(19,20)14-5-3-4-13(10-14)17-15(18)11-6-8-12(16)9-7-11/h3-10H,2H2,1H3,(H,17,18). The highest BCUT2D eigenvalue weighted by molar-refractivity contribution is 14.1. The molecule has 6 heteroatoms. The van der Waals surface area contributed by atoms with Crippen LogP contribution in [-0.4, -0.2) is 20.1 Å². The fourth-order valence-corrected chi connectivity index (χ4v) is 3.02. The molecule has 2 aromatic rings. The highest BCUT2D eigenvalue weighted by Crippen LogP contribution is 2.17.